The molecule has 0 aromatic heterocycles. The van der Waals surface area contributed by atoms with Crippen molar-refractivity contribution in [1.82, 2.24) is 0 Å². The zero-order chi connectivity index (χ0) is 12.8. The highest BCUT2D eigenvalue weighted by Crippen LogP contribution is 2.34. The third-order valence-corrected chi connectivity index (χ3v) is 3.17. The fourth-order valence-electron chi connectivity index (χ4n) is 1.92. The monoisotopic (exact) mass is 230 g/mol. The predicted octanol–water partition coefficient (Wildman–Crippen LogP) is 2.77. The number of carboxylic acid groups (broad SMARTS) is 2. The largest absolute Gasteiger partial charge is 0.480 e. The van der Waals surface area contributed by atoms with Crippen molar-refractivity contribution in [3.05, 3.63) is 0 Å². The second-order valence-electron chi connectivity index (χ2n) is 4.55. The van der Waals surface area contributed by atoms with E-state index in [9.17, 15) is 9.59 Å². The van der Waals surface area contributed by atoms with E-state index in [1.165, 1.54) is 0 Å². The molecule has 94 valence electrons. The normalized spacial score (nSPS) is 11.8. The van der Waals surface area contributed by atoms with Crippen LogP contribution in [0.25, 0.3) is 0 Å². The lowest BCUT2D eigenvalue weighted by atomic mass is 9.73. The molecular formula is C12H22O4. The first kappa shape index (κ1) is 14.9. The lowest BCUT2D eigenvalue weighted by Crippen LogP contribution is -2.43. The SMILES string of the molecule is CCCCCCC(C(=O)O)(C(=O)O)C(C)C. The topological polar surface area (TPSA) is 74.6 Å². The van der Waals surface area contributed by atoms with E-state index in [2.05, 4.69) is 6.92 Å². The summed E-state index contributed by atoms with van der Waals surface area (Å²) < 4.78 is 0. The summed E-state index contributed by atoms with van der Waals surface area (Å²) in [6, 6.07) is 0. The molecule has 0 bridgehead atoms. The molecule has 0 heterocycles. The summed E-state index contributed by atoms with van der Waals surface area (Å²) in [6.45, 7) is 5.37. The number of hydrogen-bond acceptors (Lipinski definition) is 2. The van der Waals surface area contributed by atoms with E-state index < -0.39 is 23.3 Å². The zero-order valence-corrected chi connectivity index (χ0v) is 10.3. The molecule has 4 heteroatoms. The molecule has 0 fully saturated rings. The highest BCUT2D eigenvalue weighted by Gasteiger charge is 2.48. The average Bonchev–Trinajstić information content (AvgIpc) is 2.16. The van der Waals surface area contributed by atoms with Crippen LogP contribution in [0.2, 0.25) is 0 Å². The Kier molecular flexibility index (Phi) is 6.08. The van der Waals surface area contributed by atoms with Crippen LogP contribution in [0.3, 0.4) is 0 Å². The van der Waals surface area contributed by atoms with Gasteiger partial charge in [-0.2, -0.15) is 0 Å². The minimum absolute atomic E-state index is 0.218. The number of rotatable bonds is 8. The molecule has 2 N–H and O–H groups in total. The number of unbranched alkanes of at least 4 members (excludes halogenated alkanes) is 3. The van der Waals surface area contributed by atoms with E-state index in [1.54, 1.807) is 13.8 Å². The second-order valence-corrected chi connectivity index (χ2v) is 4.55. The quantitative estimate of drug-likeness (QED) is 0.496. The molecule has 0 rings (SSSR count). The van der Waals surface area contributed by atoms with Crippen LogP contribution in [-0.4, -0.2) is 22.2 Å². The third kappa shape index (κ3) is 3.22. The molecule has 0 aliphatic carbocycles. The van der Waals surface area contributed by atoms with E-state index in [0.29, 0.717) is 6.42 Å². The van der Waals surface area contributed by atoms with E-state index in [4.69, 9.17) is 10.2 Å². The number of carbonyl (C=O) groups is 2. The van der Waals surface area contributed by atoms with Gasteiger partial charge >= 0.3 is 11.9 Å². The molecule has 0 aliphatic rings. The van der Waals surface area contributed by atoms with Crippen molar-refractivity contribution in [2.45, 2.75) is 52.9 Å². The predicted molar refractivity (Wildman–Crippen MR) is 61.3 cm³/mol. The molecule has 0 spiro atoms. The summed E-state index contributed by atoms with van der Waals surface area (Å²) >= 11 is 0. The van der Waals surface area contributed by atoms with Crippen LogP contribution in [-0.2, 0) is 9.59 Å². The fraction of sp³-hybridized carbons (Fsp3) is 0.833. The summed E-state index contributed by atoms with van der Waals surface area (Å²) in [7, 11) is 0. The van der Waals surface area contributed by atoms with Crippen molar-refractivity contribution < 1.29 is 19.8 Å². The Bertz CT molecular complexity index is 231. The van der Waals surface area contributed by atoms with Crippen LogP contribution in [0, 0.1) is 11.3 Å². The molecule has 0 atom stereocenters. The second kappa shape index (κ2) is 6.51. The summed E-state index contributed by atoms with van der Waals surface area (Å²) in [4.78, 5) is 22.4. The number of carboxylic acids is 2. The van der Waals surface area contributed by atoms with Gasteiger partial charge in [-0.25, -0.2) is 0 Å². The minimum atomic E-state index is -1.62. The highest BCUT2D eigenvalue weighted by atomic mass is 16.4. The zero-order valence-electron chi connectivity index (χ0n) is 10.3. The number of hydrogen-bond donors (Lipinski definition) is 2. The third-order valence-electron chi connectivity index (χ3n) is 3.17. The molecular weight excluding hydrogens is 208 g/mol. The standard InChI is InChI=1S/C12H22O4/c1-4-5-6-7-8-12(9(2)3,10(13)14)11(15)16/h9H,4-8H2,1-3H3,(H,13,14)(H,15,16). The van der Waals surface area contributed by atoms with E-state index in [0.717, 1.165) is 19.3 Å². The van der Waals surface area contributed by atoms with E-state index in [1.807, 2.05) is 0 Å². The summed E-state index contributed by atoms with van der Waals surface area (Å²) in [6.07, 6.45) is 3.84. The van der Waals surface area contributed by atoms with Crippen molar-refractivity contribution in [2.24, 2.45) is 11.3 Å². The molecule has 0 aromatic carbocycles. The molecule has 16 heavy (non-hydrogen) atoms. The van der Waals surface area contributed by atoms with Crippen LogP contribution in [0.1, 0.15) is 52.9 Å². The maximum Gasteiger partial charge on any atom is 0.321 e. The van der Waals surface area contributed by atoms with Crippen molar-refractivity contribution in [3.63, 3.8) is 0 Å². The lowest BCUT2D eigenvalue weighted by molar-refractivity contribution is -0.169. The molecule has 0 aromatic rings. The summed E-state index contributed by atoms with van der Waals surface area (Å²) in [5.41, 5.74) is -1.62. The first-order valence-corrected chi connectivity index (χ1v) is 5.86. The van der Waals surface area contributed by atoms with Gasteiger partial charge in [0.25, 0.3) is 0 Å². The van der Waals surface area contributed by atoms with Gasteiger partial charge in [0.05, 0.1) is 0 Å². The van der Waals surface area contributed by atoms with Gasteiger partial charge in [-0.05, 0) is 12.3 Å². The van der Waals surface area contributed by atoms with Crippen molar-refractivity contribution in [3.8, 4) is 0 Å². The maximum atomic E-state index is 11.2. The Labute approximate surface area is 96.7 Å². The van der Waals surface area contributed by atoms with Gasteiger partial charge in [-0.1, -0.05) is 46.5 Å². The number of aliphatic carboxylic acids is 2. The molecule has 4 nitrogen and oxygen atoms in total. The van der Waals surface area contributed by atoms with Gasteiger partial charge in [0, 0.05) is 0 Å². The fourth-order valence-corrected chi connectivity index (χ4v) is 1.92. The van der Waals surface area contributed by atoms with Gasteiger partial charge in [0.2, 0.25) is 0 Å². The van der Waals surface area contributed by atoms with Crippen LogP contribution in [0.5, 0.6) is 0 Å². The lowest BCUT2D eigenvalue weighted by Gasteiger charge is -2.28. The van der Waals surface area contributed by atoms with Crippen LogP contribution >= 0.6 is 0 Å². The molecule has 0 unspecified atom stereocenters. The summed E-state index contributed by atoms with van der Waals surface area (Å²) in [5, 5.41) is 18.3. The van der Waals surface area contributed by atoms with Crippen molar-refractivity contribution >= 4 is 11.9 Å². The maximum absolute atomic E-state index is 11.2. The molecule has 0 saturated heterocycles. The summed E-state index contributed by atoms with van der Waals surface area (Å²) in [5.74, 6) is -2.83. The molecule has 0 amide bonds. The first-order valence-electron chi connectivity index (χ1n) is 5.86. The molecule has 0 radical (unpaired) electrons. The highest BCUT2D eigenvalue weighted by molar-refractivity contribution is 5.98. The van der Waals surface area contributed by atoms with Gasteiger partial charge in [0.15, 0.2) is 5.41 Å². The van der Waals surface area contributed by atoms with Crippen LogP contribution < -0.4 is 0 Å². The van der Waals surface area contributed by atoms with Crippen LogP contribution in [0.4, 0.5) is 0 Å². The molecule has 0 aliphatic heterocycles. The van der Waals surface area contributed by atoms with Gasteiger partial charge in [-0.15, -0.1) is 0 Å². The Morgan fingerprint density at radius 2 is 1.56 bits per heavy atom. The van der Waals surface area contributed by atoms with Gasteiger partial charge in [0.1, 0.15) is 0 Å². The smallest absolute Gasteiger partial charge is 0.321 e. The van der Waals surface area contributed by atoms with E-state index >= 15 is 0 Å². The molecule has 0 saturated carbocycles. The van der Waals surface area contributed by atoms with Gasteiger partial charge < -0.3 is 10.2 Å². The Hall–Kier alpha value is -1.06. The Morgan fingerprint density at radius 3 is 1.88 bits per heavy atom. The van der Waals surface area contributed by atoms with Crippen molar-refractivity contribution in [2.75, 3.05) is 0 Å². The Balaban J connectivity index is 4.65. The van der Waals surface area contributed by atoms with Crippen molar-refractivity contribution in [1.29, 1.82) is 0 Å². The van der Waals surface area contributed by atoms with Crippen LogP contribution in [0.15, 0.2) is 0 Å². The first-order chi connectivity index (χ1) is 7.39. The van der Waals surface area contributed by atoms with E-state index in [-0.39, 0.29) is 6.42 Å². The Morgan fingerprint density at radius 1 is 1.06 bits per heavy atom. The average molecular weight is 230 g/mol. The minimum Gasteiger partial charge on any atom is -0.480 e. The van der Waals surface area contributed by atoms with Gasteiger partial charge in [-0.3, -0.25) is 9.59 Å².